The third-order valence-electron chi connectivity index (χ3n) is 4.64. The summed E-state index contributed by atoms with van der Waals surface area (Å²) in [6.07, 6.45) is 7.36. The number of esters is 1. The third kappa shape index (κ3) is 3.49. The minimum atomic E-state index is -0.551. The molecule has 0 unspecified atom stereocenters. The Kier molecular flexibility index (Phi) is 4.86. The van der Waals surface area contributed by atoms with E-state index in [2.05, 4.69) is 15.1 Å². The first-order chi connectivity index (χ1) is 14.1. The molecule has 2 aromatic rings. The fraction of sp³-hybridized carbons (Fsp3) is 0.200. The van der Waals surface area contributed by atoms with Crippen molar-refractivity contribution < 1.29 is 14.3 Å². The molecule has 0 aliphatic carbocycles. The van der Waals surface area contributed by atoms with Gasteiger partial charge < -0.3 is 19.0 Å². The number of ether oxygens (including phenoxy) is 2. The molecule has 3 heterocycles. The number of pyridine rings is 1. The molecular formula is C20H19N5O4. The van der Waals surface area contributed by atoms with Gasteiger partial charge in [0.2, 0.25) is 0 Å². The summed E-state index contributed by atoms with van der Waals surface area (Å²) < 4.78 is 13.1. The minimum absolute atomic E-state index is 0.235. The van der Waals surface area contributed by atoms with Crippen LogP contribution in [0.3, 0.4) is 0 Å². The molecule has 0 fully saturated rings. The molecule has 0 spiro atoms. The SMILES string of the molecule is COC(=O)c1cn(CCc2cnc[nH]2)cc2c(=O)n(-c3ccc(OC)cc3)nc1-2. The molecule has 2 aliphatic heterocycles. The lowest BCUT2D eigenvalue weighted by Gasteiger charge is -2.11. The van der Waals surface area contributed by atoms with E-state index in [0.29, 0.717) is 35.7 Å². The number of benzene rings is 1. The summed E-state index contributed by atoms with van der Waals surface area (Å²) in [6.45, 7) is 0.551. The number of rotatable bonds is 6. The molecule has 4 rings (SSSR count). The molecule has 9 nitrogen and oxygen atoms in total. The number of nitrogens with one attached hydrogen (secondary N) is 1. The van der Waals surface area contributed by atoms with Crippen molar-refractivity contribution in [1.29, 1.82) is 0 Å². The summed E-state index contributed by atoms with van der Waals surface area (Å²) in [7, 11) is 2.87. The van der Waals surface area contributed by atoms with E-state index in [1.807, 2.05) is 0 Å². The Hall–Kier alpha value is -3.88. The van der Waals surface area contributed by atoms with Crippen LogP contribution < -0.4 is 10.3 Å². The maximum atomic E-state index is 13.0. The highest BCUT2D eigenvalue weighted by Gasteiger charge is 2.25. The highest BCUT2D eigenvalue weighted by molar-refractivity contribution is 5.96. The molecule has 9 heteroatoms. The number of methoxy groups -OCH3 is 2. The molecule has 148 valence electrons. The lowest BCUT2D eigenvalue weighted by molar-refractivity contribution is 0.0600. The predicted octanol–water partition coefficient (Wildman–Crippen LogP) is 1.90. The quantitative estimate of drug-likeness (QED) is 0.502. The molecular weight excluding hydrogens is 374 g/mol. The van der Waals surface area contributed by atoms with Crippen LogP contribution >= 0.6 is 0 Å². The highest BCUT2D eigenvalue weighted by Crippen LogP contribution is 2.23. The molecule has 0 saturated carbocycles. The zero-order valence-corrected chi connectivity index (χ0v) is 16.0. The van der Waals surface area contributed by atoms with Gasteiger partial charge in [-0.3, -0.25) is 4.79 Å². The van der Waals surface area contributed by atoms with Crippen LogP contribution in [0.15, 0.2) is 54.0 Å². The number of aromatic amines is 1. The Morgan fingerprint density at radius 2 is 1.97 bits per heavy atom. The van der Waals surface area contributed by atoms with E-state index in [1.165, 1.54) is 11.8 Å². The Balaban J connectivity index is 1.79. The lowest BCUT2D eigenvalue weighted by atomic mass is 10.1. The Labute approximate surface area is 165 Å². The van der Waals surface area contributed by atoms with Gasteiger partial charge in [0.15, 0.2) is 0 Å². The standard InChI is InChI=1S/C20H19N5O4/c1-28-15-5-3-14(4-6-15)25-19(26)16-10-24(8-7-13-9-21-12-22-13)11-17(18(16)23-25)20(27)29-2/h3-6,9-12H,7-8H2,1-2H3,(H,21,22). The first-order valence-electron chi connectivity index (χ1n) is 8.93. The van der Waals surface area contributed by atoms with Gasteiger partial charge in [-0.05, 0) is 24.3 Å². The van der Waals surface area contributed by atoms with E-state index in [9.17, 15) is 9.59 Å². The Morgan fingerprint density at radius 1 is 1.17 bits per heavy atom. The topological polar surface area (TPSA) is 104 Å². The molecule has 1 N–H and O–H groups in total. The minimum Gasteiger partial charge on any atom is -0.497 e. The van der Waals surface area contributed by atoms with Gasteiger partial charge in [-0.2, -0.15) is 9.78 Å². The van der Waals surface area contributed by atoms with Gasteiger partial charge >= 0.3 is 5.97 Å². The number of fused-ring (bicyclic) bond motifs is 1. The maximum absolute atomic E-state index is 13.0. The highest BCUT2D eigenvalue weighted by atomic mass is 16.5. The number of H-pyrrole nitrogens is 1. The second-order valence-corrected chi connectivity index (χ2v) is 6.41. The van der Waals surface area contributed by atoms with Crippen molar-refractivity contribution in [2.45, 2.75) is 13.0 Å². The lowest BCUT2D eigenvalue weighted by Crippen LogP contribution is -2.16. The van der Waals surface area contributed by atoms with Crippen molar-refractivity contribution >= 4 is 5.97 Å². The van der Waals surface area contributed by atoms with Crippen molar-refractivity contribution in [3.05, 3.63) is 70.8 Å². The summed E-state index contributed by atoms with van der Waals surface area (Å²) >= 11 is 0. The molecule has 0 atom stereocenters. The average Bonchev–Trinajstić information content (AvgIpc) is 3.39. The largest absolute Gasteiger partial charge is 0.497 e. The van der Waals surface area contributed by atoms with E-state index < -0.39 is 5.97 Å². The van der Waals surface area contributed by atoms with Crippen LogP contribution in [0.1, 0.15) is 16.1 Å². The molecule has 2 aliphatic rings. The van der Waals surface area contributed by atoms with Crippen LogP contribution in [0, 0.1) is 0 Å². The number of carbonyl (C=O) groups is 1. The number of nitrogens with zero attached hydrogens (tertiary/aromatic N) is 4. The second kappa shape index (κ2) is 7.63. The maximum Gasteiger partial charge on any atom is 0.341 e. The van der Waals surface area contributed by atoms with Gasteiger partial charge in [-0.15, -0.1) is 0 Å². The molecule has 0 bridgehead atoms. The van der Waals surface area contributed by atoms with Crippen molar-refractivity contribution in [2.24, 2.45) is 0 Å². The van der Waals surface area contributed by atoms with E-state index in [1.54, 1.807) is 60.9 Å². The van der Waals surface area contributed by atoms with Crippen LogP contribution in [-0.4, -0.2) is 44.5 Å². The molecule has 29 heavy (non-hydrogen) atoms. The predicted molar refractivity (Wildman–Crippen MR) is 105 cm³/mol. The normalized spacial score (nSPS) is 11.0. The van der Waals surface area contributed by atoms with E-state index in [0.717, 1.165) is 5.69 Å². The van der Waals surface area contributed by atoms with Gasteiger partial charge in [0.1, 0.15) is 17.0 Å². The van der Waals surface area contributed by atoms with Gasteiger partial charge in [0.25, 0.3) is 5.56 Å². The molecule has 0 radical (unpaired) electrons. The summed E-state index contributed by atoms with van der Waals surface area (Å²) in [4.78, 5) is 32.4. The zero-order valence-electron chi connectivity index (χ0n) is 16.0. The van der Waals surface area contributed by atoms with Crippen LogP contribution in [-0.2, 0) is 17.7 Å². The fourth-order valence-electron chi connectivity index (χ4n) is 3.12. The molecule has 0 amide bonds. The van der Waals surface area contributed by atoms with E-state index in [4.69, 9.17) is 9.47 Å². The van der Waals surface area contributed by atoms with Crippen molar-refractivity contribution in [3.8, 4) is 22.7 Å². The number of carbonyl (C=O) groups excluding carboxylic acids is 1. The van der Waals surface area contributed by atoms with Gasteiger partial charge in [-0.1, -0.05) is 0 Å². The Morgan fingerprint density at radius 3 is 2.62 bits per heavy atom. The van der Waals surface area contributed by atoms with Gasteiger partial charge in [0.05, 0.1) is 31.8 Å². The number of hydrogen-bond donors (Lipinski definition) is 1. The number of aromatic nitrogens is 5. The van der Waals surface area contributed by atoms with E-state index >= 15 is 0 Å². The first kappa shape index (κ1) is 18.5. The van der Waals surface area contributed by atoms with Crippen LogP contribution in [0.25, 0.3) is 16.9 Å². The summed E-state index contributed by atoms with van der Waals surface area (Å²) in [5.41, 5.74) is 2.09. The zero-order chi connectivity index (χ0) is 20.4. The van der Waals surface area contributed by atoms with Crippen LogP contribution in [0.4, 0.5) is 0 Å². The number of hydrogen-bond acceptors (Lipinski definition) is 6. The number of imidazole rings is 1. The first-order valence-corrected chi connectivity index (χ1v) is 8.93. The molecule has 0 saturated heterocycles. The van der Waals surface area contributed by atoms with Crippen molar-refractivity contribution in [1.82, 2.24) is 24.3 Å². The molecule has 1 aromatic heterocycles. The summed E-state index contributed by atoms with van der Waals surface area (Å²) in [6, 6.07) is 6.95. The van der Waals surface area contributed by atoms with Crippen LogP contribution in [0.5, 0.6) is 5.75 Å². The smallest absolute Gasteiger partial charge is 0.341 e. The van der Waals surface area contributed by atoms with Crippen molar-refractivity contribution in [3.63, 3.8) is 0 Å². The monoisotopic (exact) mass is 393 g/mol. The Bertz CT molecular complexity index is 1160. The third-order valence-corrected chi connectivity index (χ3v) is 4.64. The summed E-state index contributed by atoms with van der Waals surface area (Å²) in [5, 5.41) is 4.39. The van der Waals surface area contributed by atoms with Gasteiger partial charge in [0, 0.05) is 37.3 Å². The van der Waals surface area contributed by atoms with E-state index in [-0.39, 0.29) is 11.1 Å². The van der Waals surface area contributed by atoms with Gasteiger partial charge in [-0.25, -0.2) is 9.78 Å². The summed E-state index contributed by atoms with van der Waals surface area (Å²) in [5.74, 6) is 0.120. The second-order valence-electron chi connectivity index (χ2n) is 6.41. The van der Waals surface area contributed by atoms with Crippen molar-refractivity contribution in [2.75, 3.05) is 14.2 Å². The average molecular weight is 393 g/mol. The molecule has 1 aromatic carbocycles. The van der Waals surface area contributed by atoms with Crippen LogP contribution in [0.2, 0.25) is 0 Å². The number of aryl methyl sites for hydroxylation is 2. The fourth-order valence-corrected chi connectivity index (χ4v) is 3.12.